The van der Waals surface area contributed by atoms with Crippen LogP contribution in [-0.4, -0.2) is 27.1 Å². The van der Waals surface area contributed by atoms with Crippen LogP contribution in [0.2, 0.25) is 0 Å². The molecule has 0 aliphatic rings. The number of rotatable bonds is 8. The molecule has 1 aromatic carbocycles. The SMILES string of the molecule is CCCCCCCC(=O)c1c(O)n(C(C)=O)c2ccc(C(C)=O)cc12. The Morgan fingerprint density at radius 2 is 1.72 bits per heavy atom. The zero-order valence-corrected chi connectivity index (χ0v) is 15.1. The van der Waals surface area contributed by atoms with Crippen LogP contribution in [0.1, 0.15) is 84.8 Å². The molecule has 0 atom stereocenters. The number of hydrogen-bond acceptors (Lipinski definition) is 4. The number of Topliss-reactive ketones (excluding diaryl/α,β-unsaturated/α-hetero) is 2. The zero-order chi connectivity index (χ0) is 18.6. The highest BCUT2D eigenvalue weighted by molar-refractivity contribution is 6.14. The van der Waals surface area contributed by atoms with Crippen molar-refractivity contribution in [2.24, 2.45) is 0 Å². The van der Waals surface area contributed by atoms with Gasteiger partial charge in [-0.2, -0.15) is 0 Å². The van der Waals surface area contributed by atoms with Crippen LogP contribution in [0.4, 0.5) is 0 Å². The lowest BCUT2D eigenvalue weighted by Gasteiger charge is -2.02. The lowest BCUT2D eigenvalue weighted by molar-refractivity contribution is 0.0931. The minimum atomic E-state index is -0.375. The second-order valence-electron chi connectivity index (χ2n) is 6.43. The molecule has 1 N–H and O–H groups in total. The summed E-state index contributed by atoms with van der Waals surface area (Å²) < 4.78 is 1.13. The topological polar surface area (TPSA) is 76.4 Å². The summed E-state index contributed by atoms with van der Waals surface area (Å²) in [5, 5.41) is 10.9. The Labute approximate surface area is 147 Å². The Bertz CT molecular complexity index is 817. The van der Waals surface area contributed by atoms with E-state index in [9.17, 15) is 19.5 Å². The highest BCUT2D eigenvalue weighted by Gasteiger charge is 2.24. The molecule has 0 radical (unpaired) electrons. The molecule has 1 aromatic heterocycles. The van der Waals surface area contributed by atoms with Gasteiger partial charge in [0.05, 0.1) is 11.1 Å². The molecule has 0 saturated carbocycles. The first-order chi connectivity index (χ1) is 11.9. The normalized spacial score (nSPS) is 11.0. The Morgan fingerprint density at radius 3 is 2.32 bits per heavy atom. The van der Waals surface area contributed by atoms with E-state index in [0.29, 0.717) is 22.9 Å². The van der Waals surface area contributed by atoms with Crippen LogP contribution >= 0.6 is 0 Å². The maximum Gasteiger partial charge on any atom is 0.230 e. The van der Waals surface area contributed by atoms with Gasteiger partial charge in [-0.1, -0.05) is 32.6 Å². The third-order valence-electron chi connectivity index (χ3n) is 4.45. The largest absolute Gasteiger partial charge is 0.494 e. The molecule has 134 valence electrons. The van der Waals surface area contributed by atoms with Gasteiger partial charge in [-0.25, -0.2) is 0 Å². The van der Waals surface area contributed by atoms with Gasteiger partial charge in [0.2, 0.25) is 11.8 Å². The van der Waals surface area contributed by atoms with Crippen molar-refractivity contribution in [3.05, 3.63) is 29.3 Å². The van der Waals surface area contributed by atoms with Gasteiger partial charge in [-0.3, -0.25) is 19.0 Å². The van der Waals surface area contributed by atoms with Gasteiger partial charge in [0.1, 0.15) is 0 Å². The minimum Gasteiger partial charge on any atom is -0.494 e. The molecular formula is C20H25NO4. The predicted octanol–water partition coefficient (Wildman–Crippen LogP) is 4.75. The van der Waals surface area contributed by atoms with Gasteiger partial charge in [0.15, 0.2) is 11.6 Å². The quantitative estimate of drug-likeness (QED) is 0.554. The number of hydrogen-bond donors (Lipinski definition) is 1. The molecule has 2 aromatic rings. The molecule has 0 amide bonds. The van der Waals surface area contributed by atoms with E-state index in [2.05, 4.69) is 6.92 Å². The minimum absolute atomic E-state index is 0.130. The first-order valence-electron chi connectivity index (χ1n) is 8.81. The van der Waals surface area contributed by atoms with Gasteiger partial charge in [-0.05, 0) is 31.5 Å². The van der Waals surface area contributed by atoms with Crippen molar-refractivity contribution in [2.45, 2.75) is 59.3 Å². The van der Waals surface area contributed by atoms with E-state index in [0.717, 1.165) is 36.7 Å². The van der Waals surface area contributed by atoms with Crippen LogP contribution in [0, 0.1) is 0 Å². The maximum absolute atomic E-state index is 12.7. The van der Waals surface area contributed by atoms with Gasteiger partial charge >= 0.3 is 0 Å². The van der Waals surface area contributed by atoms with E-state index < -0.39 is 0 Å². The van der Waals surface area contributed by atoms with Crippen LogP contribution in [0.5, 0.6) is 5.88 Å². The molecule has 5 nitrogen and oxygen atoms in total. The van der Waals surface area contributed by atoms with Crippen molar-refractivity contribution in [2.75, 3.05) is 0 Å². The molecule has 5 heteroatoms. The standard InChI is InChI=1S/C20H25NO4/c1-4-5-6-7-8-9-18(24)19-16-12-15(13(2)22)10-11-17(16)21(14(3)23)20(19)25/h10-12,25H,4-9H2,1-3H3. The molecule has 25 heavy (non-hydrogen) atoms. The van der Waals surface area contributed by atoms with E-state index >= 15 is 0 Å². The number of fused-ring (bicyclic) bond motifs is 1. The maximum atomic E-state index is 12.7. The molecular weight excluding hydrogens is 318 g/mol. The third-order valence-corrected chi connectivity index (χ3v) is 4.45. The molecule has 1 heterocycles. The highest BCUT2D eigenvalue weighted by atomic mass is 16.3. The number of aromatic hydroxyl groups is 1. The number of nitrogens with zero attached hydrogens (tertiary/aromatic N) is 1. The number of ketones is 2. The Morgan fingerprint density at radius 1 is 1.04 bits per heavy atom. The molecule has 0 aliphatic heterocycles. The summed E-state index contributed by atoms with van der Waals surface area (Å²) >= 11 is 0. The van der Waals surface area contributed by atoms with E-state index in [-0.39, 0.29) is 28.9 Å². The number of benzene rings is 1. The molecule has 0 aliphatic carbocycles. The van der Waals surface area contributed by atoms with Crippen LogP contribution in [0.15, 0.2) is 18.2 Å². The summed E-state index contributed by atoms with van der Waals surface area (Å²) in [7, 11) is 0. The predicted molar refractivity (Wildman–Crippen MR) is 97.6 cm³/mol. The van der Waals surface area contributed by atoms with Crippen molar-refractivity contribution in [1.29, 1.82) is 0 Å². The van der Waals surface area contributed by atoms with Crippen LogP contribution in [0.3, 0.4) is 0 Å². The molecule has 0 unspecified atom stereocenters. The molecule has 0 spiro atoms. The second-order valence-corrected chi connectivity index (χ2v) is 6.43. The van der Waals surface area contributed by atoms with E-state index in [1.54, 1.807) is 18.2 Å². The monoisotopic (exact) mass is 343 g/mol. The van der Waals surface area contributed by atoms with Gasteiger partial charge < -0.3 is 5.11 Å². The van der Waals surface area contributed by atoms with Crippen molar-refractivity contribution < 1.29 is 19.5 Å². The summed E-state index contributed by atoms with van der Waals surface area (Å²) in [4.78, 5) is 36.2. The van der Waals surface area contributed by atoms with Crippen molar-refractivity contribution in [1.82, 2.24) is 4.57 Å². The summed E-state index contributed by atoms with van der Waals surface area (Å²) in [6, 6.07) is 4.79. The number of unbranched alkanes of at least 4 members (excludes halogenated alkanes) is 4. The summed E-state index contributed by atoms with van der Waals surface area (Å²) in [5.74, 6) is -1.03. The molecule has 2 rings (SSSR count). The third kappa shape index (κ3) is 3.98. The number of carbonyl (C=O) groups is 3. The van der Waals surface area contributed by atoms with Crippen LogP contribution in [0.25, 0.3) is 10.9 Å². The van der Waals surface area contributed by atoms with Crippen molar-refractivity contribution in [3.8, 4) is 5.88 Å². The van der Waals surface area contributed by atoms with Gasteiger partial charge in [-0.15, -0.1) is 0 Å². The number of carbonyl (C=O) groups excluding carboxylic acids is 3. The zero-order valence-electron chi connectivity index (χ0n) is 15.1. The van der Waals surface area contributed by atoms with Gasteiger partial charge in [0, 0.05) is 24.3 Å². The first-order valence-corrected chi connectivity index (χ1v) is 8.81. The Balaban J connectivity index is 2.41. The van der Waals surface area contributed by atoms with Crippen LogP contribution in [-0.2, 0) is 0 Å². The lowest BCUT2D eigenvalue weighted by Crippen LogP contribution is -2.05. The Kier molecular flexibility index (Phi) is 6.12. The molecule has 0 saturated heterocycles. The average molecular weight is 343 g/mol. The van der Waals surface area contributed by atoms with Crippen LogP contribution < -0.4 is 0 Å². The second kappa shape index (κ2) is 8.10. The van der Waals surface area contributed by atoms with E-state index in [1.807, 2.05) is 0 Å². The number of aromatic nitrogens is 1. The van der Waals surface area contributed by atoms with Gasteiger partial charge in [0.25, 0.3) is 0 Å². The fourth-order valence-corrected chi connectivity index (χ4v) is 3.10. The summed E-state index contributed by atoms with van der Waals surface area (Å²) in [6.45, 7) is 4.90. The van der Waals surface area contributed by atoms with E-state index in [1.165, 1.54) is 13.8 Å². The van der Waals surface area contributed by atoms with E-state index in [4.69, 9.17) is 0 Å². The fraction of sp³-hybridized carbons (Fsp3) is 0.450. The average Bonchev–Trinajstić information content (AvgIpc) is 2.85. The van der Waals surface area contributed by atoms with Crippen molar-refractivity contribution in [3.63, 3.8) is 0 Å². The highest BCUT2D eigenvalue weighted by Crippen LogP contribution is 2.33. The summed E-state index contributed by atoms with van der Waals surface area (Å²) in [6.07, 6.45) is 5.39. The molecule has 0 fully saturated rings. The smallest absolute Gasteiger partial charge is 0.230 e. The molecule has 0 bridgehead atoms. The summed E-state index contributed by atoms with van der Waals surface area (Å²) in [5.41, 5.74) is 1.04. The first kappa shape index (κ1) is 18.9. The van der Waals surface area contributed by atoms with Crippen molar-refractivity contribution >= 4 is 28.4 Å². The fourth-order valence-electron chi connectivity index (χ4n) is 3.10. The Hall–Kier alpha value is -2.43. The lowest BCUT2D eigenvalue weighted by atomic mass is 10.0.